The van der Waals surface area contributed by atoms with Crippen molar-refractivity contribution in [2.24, 2.45) is 7.05 Å². The molecule has 2 heterocycles. The Morgan fingerprint density at radius 2 is 1.74 bits per heavy atom. The Hall–Kier alpha value is -3.96. The van der Waals surface area contributed by atoms with Crippen LogP contribution in [0.15, 0.2) is 52.1 Å². The van der Waals surface area contributed by atoms with E-state index < -0.39 is 34.6 Å². The van der Waals surface area contributed by atoms with Gasteiger partial charge < -0.3 is 4.74 Å². The molecular formula is C19H13F4N5O3. The monoisotopic (exact) mass is 435 g/mol. The summed E-state index contributed by atoms with van der Waals surface area (Å²) in [5.74, 6) is -0.610. The predicted molar refractivity (Wildman–Crippen MR) is 101 cm³/mol. The Morgan fingerprint density at radius 1 is 1.03 bits per heavy atom. The van der Waals surface area contributed by atoms with Crippen molar-refractivity contribution in [1.82, 2.24) is 24.1 Å². The largest absolute Gasteiger partial charge is 0.494 e. The van der Waals surface area contributed by atoms with Gasteiger partial charge in [-0.2, -0.15) is 13.2 Å². The lowest BCUT2D eigenvalue weighted by molar-refractivity contribution is -0.144. The van der Waals surface area contributed by atoms with Crippen molar-refractivity contribution in [3.8, 4) is 17.1 Å². The summed E-state index contributed by atoms with van der Waals surface area (Å²) in [6.45, 7) is 0. The Kier molecular flexibility index (Phi) is 4.64. The summed E-state index contributed by atoms with van der Waals surface area (Å²) in [6.07, 6.45) is -4.93. The highest BCUT2D eigenvalue weighted by molar-refractivity contribution is 5.79. The number of benzene rings is 2. The first-order valence-corrected chi connectivity index (χ1v) is 8.72. The maximum atomic E-state index is 14.8. The second-order valence-electron chi connectivity index (χ2n) is 6.51. The Balaban J connectivity index is 2.01. The number of alkyl halides is 3. The molecule has 0 amide bonds. The van der Waals surface area contributed by atoms with Crippen LogP contribution in [0, 0.1) is 5.82 Å². The molecule has 0 aliphatic heterocycles. The minimum atomic E-state index is -4.93. The fourth-order valence-corrected chi connectivity index (χ4v) is 3.20. The molecule has 0 unspecified atom stereocenters. The molecule has 12 heteroatoms. The Labute approximate surface area is 170 Å². The third-order valence-electron chi connectivity index (χ3n) is 4.68. The number of para-hydroxylation sites is 2. The molecule has 0 radical (unpaired) electrons. The second-order valence-corrected chi connectivity index (χ2v) is 6.51. The highest BCUT2D eigenvalue weighted by Gasteiger charge is 2.35. The zero-order chi connectivity index (χ0) is 22.5. The van der Waals surface area contributed by atoms with Crippen LogP contribution in [0.5, 0.6) is 5.75 Å². The van der Waals surface area contributed by atoms with Gasteiger partial charge in [0.25, 0.3) is 5.56 Å². The van der Waals surface area contributed by atoms with E-state index in [-0.39, 0.29) is 21.7 Å². The zero-order valence-corrected chi connectivity index (χ0v) is 16.0. The fraction of sp³-hybridized carbons (Fsp3) is 0.158. The average Bonchev–Trinajstić information content (AvgIpc) is 3.12. The van der Waals surface area contributed by atoms with Crippen LogP contribution in [-0.2, 0) is 13.2 Å². The maximum absolute atomic E-state index is 14.8. The van der Waals surface area contributed by atoms with Gasteiger partial charge in [-0.05, 0) is 18.2 Å². The van der Waals surface area contributed by atoms with Crippen LogP contribution in [0.2, 0.25) is 0 Å². The van der Waals surface area contributed by atoms with Crippen LogP contribution in [0.25, 0.3) is 22.4 Å². The summed E-state index contributed by atoms with van der Waals surface area (Å²) in [7, 11) is 2.28. The zero-order valence-electron chi connectivity index (χ0n) is 16.0. The van der Waals surface area contributed by atoms with Crippen LogP contribution >= 0.6 is 0 Å². The minimum absolute atomic E-state index is 0.101. The van der Waals surface area contributed by atoms with Crippen molar-refractivity contribution < 1.29 is 22.3 Å². The standard InChI is InChI=1S/C19H13F4N5O3/c1-26-16(19(21,22)23)9-17(29)27(18(26)30)13-8-14-11(7-10(13)20)24-25-28(14)12-5-3-4-6-15(12)31-2/h3-9H,1-2H3. The van der Waals surface area contributed by atoms with Gasteiger partial charge in [0.2, 0.25) is 0 Å². The van der Waals surface area contributed by atoms with Crippen molar-refractivity contribution in [2.75, 3.05) is 7.11 Å². The molecule has 0 bridgehead atoms. The molecule has 0 saturated carbocycles. The summed E-state index contributed by atoms with van der Waals surface area (Å²) >= 11 is 0. The maximum Gasteiger partial charge on any atom is 0.431 e. The Bertz CT molecular complexity index is 1440. The van der Waals surface area contributed by atoms with Crippen molar-refractivity contribution in [2.45, 2.75) is 6.18 Å². The molecule has 0 saturated heterocycles. The van der Waals surface area contributed by atoms with E-state index in [0.717, 1.165) is 19.2 Å². The molecule has 2 aromatic heterocycles. The summed E-state index contributed by atoms with van der Waals surface area (Å²) in [5, 5.41) is 7.83. The second kappa shape index (κ2) is 7.07. The van der Waals surface area contributed by atoms with Gasteiger partial charge in [0.15, 0.2) is 0 Å². The van der Waals surface area contributed by atoms with E-state index >= 15 is 0 Å². The summed E-state index contributed by atoms with van der Waals surface area (Å²) in [5.41, 5.74) is -3.91. The first-order valence-electron chi connectivity index (χ1n) is 8.72. The van der Waals surface area contributed by atoms with Crippen molar-refractivity contribution >= 4 is 11.0 Å². The molecule has 0 fully saturated rings. The molecule has 0 aliphatic carbocycles. The number of methoxy groups -OCH3 is 1. The number of rotatable bonds is 3. The fourth-order valence-electron chi connectivity index (χ4n) is 3.20. The predicted octanol–water partition coefficient (Wildman–Crippen LogP) is 2.44. The van der Waals surface area contributed by atoms with Gasteiger partial charge in [0, 0.05) is 19.2 Å². The molecule has 0 atom stereocenters. The van der Waals surface area contributed by atoms with Crippen LogP contribution in [0.4, 0.5) is 17.6 Å². The number of fused-ring (bicyclic) bond motifs is 1. The number of halogens is 4. The lowest BCUT2D eigenvalue weighted by atomic mass is 10.2. The lowest BCUT2D eigenvalue weighted by Gasteiger charge is -2.14. The first-order chi connectivity index (χ1) is 14.6. The van der Waals surface area contributed by atoms with E-state index in [9.17, 15) is 27.2 Å². The van der Waals surface area contributed by atoms with E-state index in [0.29, 0.717) is 16.0 Å². The van der Waals surface area contributed by atoms with Gasteiger partial charge >= 0.3 is 11.9 Å². The smallest absolute Gasteiger partial charge is 0.431 e. The number of hydrogen-bond donors (Lipinski definition) is 0. The van der Waals surface area contributed by atoms with Crippen LogP contribution in [-0.4, -0.2) is 31.2 Å². The summed E-state index contributed by atoms with van der Waals surface area (Å²) < 4.78 is 61.2. The number of hydrogen-bond acceptors (Lipinski definition) is 5. The molecule has 160 valence electrons. The third kappa shape index (κ3) is 3.25. The van der Waals surface area contributed by atoms with Crippen molar-refractivity contribution in [3.63, 3.8) is 0 Å². The number of ether oxygens (including phenoxy) is 1. The van der Waals surface area contributed by atoms with Gasteiger partial charge in [-0.15, -0.1) is 5.10 Å². The normalized spacial score (nSPS) is 11.8. The van der Waals surface area contributed by atoms with E-state index in [1.807, 2.05) is 0 Å². The van der Waals surface area contributed by atoms with Gasteiger partial charge in [-0.3, -0.25) is 9.36 Å². The lowest BCUT2D eigenvalue weighted by Crippen LogP contribution is -2.41. The van der Waals surface area contributed by atoms with Gasteiger partial charge in [-0.25, -0.2) is 18.4 Å². The molecule has 0 aliphatic rings. The molecular weight excluding hydrogens is 422 g/mol. The molecule has 4 rings (SSSR count). The summed E-state index contributed by atoms with van der Waals surface area (Å²) in [4.78, 5) is 24.9. The van der Waals surface area contributed by atoms with Gasteiger partial charge in [0.05, 0.1) is 18.3 Å². The highest BCUT2D eigenvalue weighted by atomic mass is 19.4. The van der Waals surface area contributed by atoms with Crippen LogP contribution in [0.1, 0.15) is 5.69 Å². The van der Waals surface area contributed by atoms with Gasteiger partial charge in [0.1, 0.15) is 28.5 Å². The number of nitrogens with zero attached hydrogens (tertiary/aromatic N) is 5. The molecule has 8 nitrogen and oxygen atoms in total. The number of aromatic nitrogens is 5. The van der Waals surface area contributed by atoms with E-state index in [4.69, 9.17) is 4.74 Å². The molecule has 0 N–H and O–H groups in total. The third-order valence-corrected chi connectivity index (χ3v) is 4.68. The Morgan fingerprint density at radius 3 is 2.42 bits per heavy atom. The topological polar surface area (TPSA) is 83.9 Å². The molecule has 4 aromatic rings. The van der Waals surface area contributed by atoms with Crippen molar-refractivity contribution in [3.05, 3.63) is 74.8 Å². The van der Waals surface area contributed by atoms with E-state index in [2.05, 4.69) is 10.3 Å². The van der Waals surface area contributed by atoms with Crippen molar-refractivity contribution in [1.29, 1.82) is 0 Å². The van der Waals surface area contributed by atoms with Gasteiger partial charge in [-0.1, -0.05) is 17.3 Å². The minimum Gasteiger partial charge on any atom is -0.494 e. The molecule has 2 aromatic carbocycles. The quantitative estimate of drug-likeness (QED) is 0.462. The van der Waals surface area contributed by atoms with E-state index in [1.165, 1.54) is 11.8 Å². The molecule has 31 heavy (non-hydrogen) atoms. The van der Waals surface area contributed by atoms with E-state index in [1.54, 1.807) is 24.3 Å². The SMILES string of the molecule is COc1ccccc1-n1nnc2cc(F)c(-n3c(=O)cc(C(F)(F)F)n(C)c3=O)cc21. The highest BCUT2D eigenvalue weighted by Crippen LogP contribution is 2.28. The summed E-state index contributed by atoms with van der Waals surface area (Å²) in [6, 6.07) is 9.02. The molecule has 0 spiro atoms. The average molecular weight is 435 g/mol. The van der Waals surface area contributed by atoms with Crippen LogP contribution in [0.3, 0.4) is 0 Å². The first kappa shape index (κ1) is 20.3. The van der Waals surface area contributed by atoms with Crippen LogP contribution < -0.4 is 16.0 Å².